The number of benzene rings is 1. The second-order valence-corrected chi connectivity index (χ2v) is 6.66. The molecule has 27 heavy (non-hydrogen) atoms. The summed E-state index contributed by atoms with van der Waals surface area (Å²) in [5.74, 6) is -1.83. The van der Waals surface area contributed by atoms with Gasteiger partial charge in [0.1, 0.15) is 11.7 Å². The highest BCUT2D eigenvalue weighted by Gasteiger charge is 2.20. The highest BCUT2D eigenvalue weighted by atomic mass is 19.2. The van der Waals surface area contributed by atoms with Crippen molar-refractivity contribution in [3.63, 3.8) is 0 Å². The van der Waals surface area contributed by atoms with Gasteiger partial charge in [0.15, 0.2) is 11.6 Å². The summed E-state index contributed by atoms with van der Waals surface area (Å²) in [5.41, 5.74) is -0.0275. The van der Waals surface area contributed by atoms with Crippen LogP contribution in [0.25, 0.3) is 0 Å². The molecule has 0 aliphatic carbocycles. The van der Waals surface area contributed by atoms with Crippen molar-refractivity contribution < 1.29 is 18.3 Å². The van der Waals surface area contributed by atoms with Gasteiger partial charge in [0.2, 0.25) is 5.95 Å². The Labute approximate surface area is 155 Å². The molecule has 0 spiro atoms. The van der Waals surface area contributed by atoms with Gasteiger partial charge in [0.05, 0.1) is 24.0 Å². The normalized spacial score (nSPS) is 12.0. The van der Waals surface area contributed by atoms with Gasteiger partial charge < -0.3 is 15.4 Å². The monoisotopic (exact) mass is 375 g/mol. The van der Waals surface area contributed by atoms with Gasteiger partial charge in [-0.2, -0.15) is 5.26 Å². The molecule has 0 bridgehead atoms. The summed E-state index contributed by atoms with van der Waals surface area (Å²) in [6.07, 6.45) is 1.98. The summed E-state index contributed by atoms with van der Waals surface area (Å²) in [6, 6.07) is 4.63. The average molecular weight is 375 g/mol. The fourth-order valence-corrected chi connectivity index (χ4v) is 2.10. The van der Waals surface area contributed by atoms with E-state index in [0.29, 0.717) is 5.56 Å². The van der Waals surface area contributed by atoms with Crippen LogP contribution in [0.5, 0.6) is 0 Å². The Balaban J connectivity index is 2.18. The number of nitrogens with one attached hydrogen (secondary N) is 2. The number of anilines is 1. The summed E-state index contributed by atoms with van der Waals surface area (Å²) in [6.45, 7) is 5.18. The zero-order valence-corrected chi connectivity index (χ0v) is 15.1. The van der Waals surface area contributed by atoms with Gasteiger partial charge in [-0.15, -0.1) is 0 Å². The van der Waals surface area contributed by atoms with Crippen LogP contribution in [-0.2, 0) is 4.74 Å². The van der Waals surface area contributed by atoms with Crippen LogP contribution >= 0.6 is 0 Å². The fraction of sp³-hybridized carbons (Fsp3) is 0.333. The van der Waals surface area contributed by atoms with Crippen LogP contribution in [0.2, 0.25) is 0 Å². The zero-order valence-electron chi connectivity index (χ0n) is 15.1. The third kappa shape index (κ3) is 6.18. The highest BCUT2D eigenvalue weighted by molar-refractivity contribution is 5.67. The van der Waals surface area contributed by atoms with Crippen molar-refractivity contribution in [3.8, 4) is 6.07 Å². The molecule has 1 aromatic heterocycles. The first-order valence-electron chi connectivity index (χ1n) is 8.08. The largest absolute Gasteiger partial charge is 0.444 e. The number of carbonyl (C=O) groups excluding carboxylic acids is 1. The number of alkyl carbamates (subject to hydrolysis) is 1. The fourth-order valence-electron chi connectivity index (χ4n) is 2.10. The predicted octanol–water partition coefficient (Wildman–Crippen LogP) is 3.30. The molecule has 0 radical (unpaired) electrons. The number of nitrogens with zero attached hydrogens (tertiary/aromatic N) is 3. The van der Waals surface area contributed by atoms with Gasteiger partial charge in [-0.25, -0.2) is 23.5 Å². The van der Waals surface area contributed by atoms with E-state index < -0.39 is 29.4 Å². The summed E-state index contributed by atoms with van der Waals surface area (Å²) >= 11 is 0. The Morgan fingerprint density at radius 2 is 1.93 bits per heavy atom. The lowest BCUT2D eigenvalue weighted by atomic mass is 10.1. The molecular formula is C18H19F2N5O2. The van der Waals surface area contributed by atoms with Gasteiger partial charge in [0, 0.05) is 6.54 Å². The van der Waals surface area contributed by atoms with Crippen molar-refractivity contribution in [2.75, 3.05) is 11.9 Å². The number of amides is 1. The SMILES string of the molecule is CC(C)(C)OC(=O)NCC(Nc1ncc(C#N)cn1)c1ccc(F)c(F)c1. The Hall–Kier alpha value is -3.28. The van der Waals surface area contributed by atoms with E-state index in [-0.39, 0.29) is 18.1 Å². The molecule has 9 heteroatoms. The van der Waals surface area contributed by atoms with E-state index in [9.17, 15) is 13.6 Å². The minimum Gasteiger partial charge on any atom is -0.444 e. The highest BCUT2D eigenvalue weighted by Crippen LogP contribution is 2.20. The quantitative estimate of drug-likeness (QED) is 0.832. The number of hydrogen-bond donors (Lipinski definition) is 2. The van der Waals surface area contributed by atoms with Crippen molar-refractivity contribution in [2.24, 2.45) is 0 Å². The summed E-state index contributed by atoms with van der Waals surface area (Å²) in [5, 5.41) is 14.3. The van der Waals surface area contributed by atoms with Crippen molar-refractivity contribution in [3.05, 3.63) is 53.4 Å². The maximum atomic E-state index is 13.6. The van der Waals surface area contributed by atoms with Crippen LogP contribution in [0.4, 0.5) is 19.5 Å². The Bertz CT molecular complexity index is 844. The van der Waals surface area contributed by atoms with Gasteiger partial charge in [-0.05, 0) is 38.5 Å². The smallest absolute Gasteiger partial charge is 0.407 e. The van der Waals surface area contributed by atoms with E-state index in [1.54, 1.807) is 20.8 Å². The van der Waals surface area contributed by atoms with Crippen molar-refractivity contribution in [1.82, 2.24) is 15.3 Å². The number of halogens is 2. The molecular weight excluding hydrogens is 356 g/mol. The van der Waals surface area contributed by atoms with E-state index >= 15 is 0 Å². The van der Waals surface area contributed by atoms with Gasteiger partial charge in [-0.1, -0.05) is 6.07 Å². The van der Waals surface area contributed by atoms with Gasteiger partial charge in [0.25, 0.3) is 0 Å². The Kier molecular flexibility index (Phi) is 6.23. The number of nitriles is 1. The summed E-state index contributed by atoms with van der Waals surface area (Å²) in [7, 11) is 0. The third-order valence-corrected chi connectivity index (χ3v) is 3.28. The second kappa shape index (κ2) is 8.40. The van der Waals surface area contributed by atoms with E-state index in [2.05, 4.69) is 20.6 Å². The Morgan fingerprint density at radius 1 is 1.26 bits per heavy atom. The Morgan fingerprint density at radius 3 is 2.48 bits per heavy atom. The minimum atomic E-state index is -1.02. The van der Waals surface area contributed by atoms with Crippen molar-refractivity contribution in [2.45, 2.75) is 32.4 Å². The number of rotatable bonds is 5. The molecule has 0 aliphatic rings. The van der Waals surface area contributed by atoms with Crippen LogP contribution in [0.1, 0.15) is 37.9 Å². The molecule has 1 heterocycles. The maximum Gasteiger partial charge on any atom is 0.407 e. The minimum absolute atomic E-state index is 0.00332. The van der Waals surface area contributed by atoms with Crippen molar-refractivity contribution >= 4 is 12.0 Å². The lowest BCUT2D eigenvalue weighted by molar-refractivity contribution is 0.0525. The standard InChI is InChI=1S/C18H19F2N5O2/c1-18(2,3)27-17(26)24-10-15(12-4-5-13(19)14(20)6-12)25-16-22-8-11(7-21)9-23-16/h4-6,8-9,15H,10H2,1-3H3,(H,24,26)(H,22,23,25). The second-order valence-electron chi connectivity index (χ2n) is 6.66. The first kappa shape index (κ1) is 20.0. The summed E-state index contributed by atoms with van der Waals surface area (Å²) < 4.78 is 32.0. The molecule has 7 nitrogen and oxygen atoms in total. The summed E-state index contributed by atoms with van der Waals surface area (Å²) in [4.78, 5) is 19.9. The molecule has 1 unspecified atom stereocenters. The molecule has 142 valence electrons. The molecule has 0 aliphatic heterocycles. The molecule has 0 fully saturated rings. The lowest BCUT2D eigenvalue weighted by Gasteiger charge is -2.23. The number of aromatic nitrogens is 2. The molecule has 1 atom stereocenters. The van der Waals surface area contributed by atoms with Crippen LogP contribution in [0, 0.1) is 23.0 Å². The average Bonchev–Trinajstić information content (AvgIpc) is 2.60. The van der Waals surface area contributed by atoms with Gasteiger partial charge >= 0.3 is 6.09 Å². The molecule has 1 amide bonds. The maximum absolute atomic E-state index is 13.6. The van der Waals surface area contributed by atoms with E-state index in [1.165, 1.54) is 18.5 Å². The number of carbonyl (C=O) groups is 1. The number of hydrogen-bond acceptors (Lipinski definition) is 6. The topological polar surface area (TPSA) is 99.9 Å². The number of ether oxygens (including phenoxy) is 1. The molecule has 2 N–H and O–H groups in total. The van der Waals surface area contributed by atoms with Gasteiger partial charge in [-0.3, -0.25) is 0 Å². The molecule has 1 aromatic carbocycles. The predicted molar refractivity (Wildman–Crippen MR) is 93.7 cm³/mol. The molecule has 2 rings (SSSR count). The molecule has 0 saturated heterocycles. The van der Waals surface area contributed by atoms with Crippen LogP contribution < -0.4 is 10.6 Å². The van der Waals surface area contributed by atoms with E-state index in [1.807, 2.05) is 6.07 Å². The van der Waals surface area contributed by atoms with Crippen LogP contribution in [0.15, 0.2) is 30.6 Å². The van der Waals surface area contributed by atoms with E-state index in [0.717, 1.165) is 12.1 Å². The van der Waals surface area contributed by atoms with Crippen LogP contribution in [0.3, 0.4) is 0 Å². The lowest BCUT2D eigenvalue weighted by Crippen LogP contribution is -2.36. The van der Waals surface area contributed by atoms with E-state index in [4.69, 9.17) is 10.00 Å². The first-order chi connectivity index (χ1) is 12.7. The molecule has 0 saturated carbocycles. The first-order valence-corrected chi connectivity index (χ1v) is 8.08. The zero-order chi connectivity index (χ0) is 20.0. The molecule has 2 aromatic rings. The van der Waals surface area contributed by atoms with Crippen molar-refractivity contribution in [1.29, 1.82) is 5.26 Å². The third-order valence-electron chi connectivity index (χ3n) is 3.28. The van der Waals surface area contributed by atoms with Crippen LogP contribution in [-0.4, -0.2) is 28.2 Å².